The lowest BCUT2D eigenvalue weighted by atomic mass is 10.2. The van der Waals surface area contributed by atoms with Gasteiger partial charge in [-0.1, -0.05) is 23.2 Å². The number of hydrogen-bond acceptors (Lipinski definition) is 3. The molecule has 94 valence electrons. The van der Waals surface area contributed by atoms with Gasteiger partial charge in [0.2, 0.25) is 0 Å². The van der Waals surface area contributed by atoms with E-state index in [9.17, 15) is 0 Å². The lowest BCUT2D eigenvalue weighted by Gasteiger charge is -2.24. The van der Waals surface area contributed by atoms with Crippen molar-refractivity contribution in [3.05, 3.63) is 22.2 Å². The van der Waals surface area contributed by atoms with Crippen LogP contribution in [0.5, 0.6) is 0 Å². The molecule has 1 aromatic carbocycles. The van der Waals surface area contributed by atoms with Gasteiger partial charge in [0.05, 0.1) is 27.5 Å². The molecule has 17 heavy (non-hydrogen) atoms. The predicted molar refractivity (Wildman–Crippen MR) is 73.1 cm³/mol. The largest absolute Gasteiger partial charge is 0.397 e. The molecule has 0 radical (unpaired) electrons. The van der Waals surface area contributed by atoms with Crippen LogP contribution in [0.25, 0.3) is 0 Å². The molecule has 1 aliphatic heterocycles. The van der Waals surface area contributed by atoms with Gasteiger partial charge >= 0.3 is 0 Å². The molecule has 0 aromatic heterocycles. The molecule has 1 heterocycles. The van der Waals surface area contributed by atoms with E-state index in [1.54, 1.807) is 12.1 Å². The Morgan fingerprint density at radius 2 is 2.12 bits per heavy atom. The minimum atomic E-state index is 0.286. The van der Waals surface area contributed by atoms with Gasteiger partial charge in [0, 0.05) is 20.2 Å². The van der Waals surface area contributed by atoms with Crippen LogP contribution in [0.3, 0.4) is 0 Å². The quantitative estimate of drug-likeness (QED) is 0.861. The van der Waals surface area contributed by atoms with E-state index in [0.29, 0.717) is 15.7 Å². The lowest BCUT2D eigenvalue weighted by Crippen LogP contribution is -2.29. The van der Waals surface area contributed by atoms with E-state index in [0.717, 1.165) is 31.7 Å². The van der Waals surface area contributed by atoms with Gasteiger partial charge < -0.3 is 15.4 Å². The van der Waals surface area contributed by atoms with Crippen molar-refractivity contribution < 1.29 is 4.74 Å². The summed E-state index contributed by atoms with van der Waals surface area (Å²) >= 11 is 11.9. The molecule has 1 unspecified atom stereocenters. The van der Waals surface area contributed by atoms with Crippen LogP contribution in [0.15, 0.2) is 12.1 Å². The summed E-state index contributed by atoms with van der Waals surface area (Å²) in [6, 6.07) is 3.49. The standard InChI is InChI=1S/C12H16Cl2N2O/c1-16(7-8-3-2-4-17-8)12-6-10(14)9(13)5-11(12)15/h5-6,8H,2-4,7,15H2,1H3. The molecule has 1 atom stereocenters. The number of hydrogen-bond donors (Lipinski definition) is 1. The average Bonchev–Trinajstić information content (AvgIpc) is 2.76. The SMILES string of the molecule is CN(CC1CCCO1)c1cc(Cl)c(Cl)cc1N. The molecule has 0 aliphatic carbocycles. The first-order valence-corrected chi connectivity index (χ1v) is 6.41. The van der Waals surface area contributed by atoms with Crippen molar-refractivity contribution in [1.82, 2.24) is 0 Å². The maximum absolute atomic E-state index is 6.00. The van der Waals surface area contributed by atoms with Crippen LogP contribution in [0, 0.1) is 0 Å². The highest BCUT2D eigenvalue weighted by molar-refractivity contribution is 6.42. The molecule has 1 fully saturated rings. The molecule has 0 bridgehead atoms. The van der Waals surface area contributed by atoms with Gasteiger partial charge in [-0.15, -0.1) is 0 Å². The molecule has 3 nitrogen and oxygen atoms in total. The maximum Gasteiger partial charge on any atom is 0.0750 e. The molecule has 2 rings (SSSR count). The van der Waals surface area contributed by atoms with Gasteiger partial charge in [0.25, 0.3) is 0 Å². The third-order valence-electron chi connectivity index (χ3n) is 2.98. The first-order valence-electron chi connectivity index (χ1n) is 5.65. The van der Waals surface area contributed by atoms with Crippen molar-refractivity contribution in [2.24, 2.45) is 0 Å². The number of likely N-dealkylation sites (N-methyl/N-ethyl adjacent to an activating group) is 1. The van der Waals surface area contributed by atoms with Gasteiger partial charge in [-0.25, -0.2) is 0 Å². The highest BCUT2D eigenvalue weighted by Crippen LogP contribution is 2.33. The fraction of sp³-hybridized carbons (Fsp3) is 0.500. The zero-order valence-electron chi connectivity index (χ0n) is 9.75. The molecule has 1 aliphatic rings. The van der Waals surface area contributed by atoms with Crippen molar-refractivity contribution >= 4 is 34.6 Å². The number of ether oxygens (including phenoxy) is 1. The summed E-state index contributed by atoms with van der Waals surface area (Å²) < 4.78 is 5.60. The first kappa shape index (κ1) is 12.8. The molecular weight excluding hydrogens is 259 g/mol. The Balaban J connectivity index is 2.12. The van der Waals surface area contributed by atoms with Crippen molar-refractivity contribution in [1.29, 1.82) is 0 Å². The minimum Gasteiger partial charge on any atom is -0.397 e. The van der Waals surface area contributed by atoms with Gasteiger partial charge in [0.15, 0.2) is 0 Å². The monoisotopic (exact) mass is 274 g/mol. The Morgan fingerprint density at radius 3 is 2.76 bits per heavy atom. The average molecular weight is 275 g/mol. The third kappa shape index (κ3) is 2.97. The zero-order chi connectivity index (χ0) is 12.4. The van der Waals surface area contributed by atoms with Crippen LogP contribution in [0.2, 0.25) is 10.0 Å². The Hall–Kier alpha value is -0.640. The molecule has 5 heteroatoms. The Labute approximate surface area is 111 Å². The molecule has 0 amide bonds. The number of benzene rings is 1. The second-order valence-corrected chi connectivity index (χ2v) is 5.16. The Kier molecular flexibility index (Phi) is 4.02. The molecule has 0 saturated carbocycles. The minimum absolute atomic E-state index is 0.286. The number of nitrogens with zero attached hydrogens (tertiary/aromatic N) is 1. The van der Waals surface area contributed by atoms with Crippen LogP contribution >= 0.6 is 23.2 Å². The van der Waals surface area contributed by atoms with E-state index in [1.807, 2.05) is 7.05 Å². The molecule has 0 spiro atoms. The third-order valence-corrected chi connectivity index (χ3v) is 3.70. The smallest absolute Gasteiger partial charge is 0.0750 e. The summed E-state index contributed by atoms with van der Waals surface area (Å²) in [5.41, 5.74) is 7.48. The first-order chi connectivity index (χ1) is 8.08. The Bertz CT molecular complexity index is 406. The van der Waals surface area contributed by atoms with E-state index in [1.165, 1.54) is 0 Å². The summed E-state index contributed by atoms with van der Waals surface area (Å²) in [5, 5.41) is 1.01. The number of anilines is 2. The van der Waals surface area contributed by atoms with Gasteiger partial charge in [-0.2, -0.15) is 0 Å². The molecule has 2 N–H and O–H groups in total. The normalized spacial score (nSPS) is 19.6. The fourth-order valence-corrected chi connectivity index (χ4v) is 2.40. The second-order valence-electron chi connectivity index (χ2n) is 4.34. The maximum atomic E-state index is 6.00. The Morgan fingerprint density at radius 1 is 1.41 bits per heavy atom. The van der Waals surface area contributed by atoms with Crippen LogP contribution in [-0.2, 0) is 4.74 Å². The van der Waals surface area contributed by atoms with Crippen LogP contribution in [-0.4, -0.2) is 26.3 Å². The van der Waals surface area contributed by atoms with Crippen molar-refractivity contribution in [3.8, 4) is 0 Å². The highest BCUT2D eigenvalue weighted by atomic mass is 35.5. The summed E-state index contributed by atoms with van der Waals surface area (Å²) in [5.74, 6) is 0. The summed E-state index contributed by atoms with van der Waals surface area (Å²) in [4.78, 5) is 2.06. The van der Waals surface area contributed by atoms with E-state index < -0.39 is 0 Å². The van der Waals surface area contributed by atoms with Crippen LogP contribution in [0.1, 0.15) is 12.8 Å². The number of nitrogens with two attached hydrogens (primary N) is 1. The number of rotatable bonds is 3. The van der Waals surface area contributed by atoms with Crippen LogP contribution in [0.4, 0.5) is 11.4 Å². The second kappa shape index (κ2) is 5.34. The summed E-state index contributed by atoms with van der Waals surface area (Å²) in [6.45, 7) is 1.68. The van der Waals surface area contributed by atoms with Crippen molar-refractivity contribution in [2.45, 2.75) is 18.9 Å². The van der Waals surface area contributed by atoms with E-state index in [2.05, 4.69) is 4.90 Å². The number of nitrogen functional groups attached to an aromatic ring is 1. The molecular formula is C12H16Cl2N2O. The lowest BCUT2D eigenvalue weighted by molar-refractivity contribution is 0.116. The van der Waals surface area contributed by atoms with E-state index in [-0.39, 0.29) is 6.10 Å². The number of halogens is 2. The topological polar surface area (TPSA) is 38.5 Å². The summed E-state index contributed by atoms with van der Waals surface area (Å²) in [7, 11) is 1.98. The summed E-state index contributed by atoms with van der Waals surface area (Å²) in [6.07, 6.45) is 2.52. The predicted octanol–water partition coefficient (Wildman–Crippen LogP) is 3.19. The van der Waals surface area contributed by atoms with Crippen LogP contribution < -0.4 is 10.6 Å². The fourth-order valence-electron chi connectivity index (χ4n) is 2.07. The molecule has 1 aromatic rings. The van der Waals surface area contributed by atoms with Crippen molar-refractivity contribution in [2.75, 3.05) is 30.8 Å². The zero-order valence-corrected chi connectivity index (χ0v) is 11.3. The van der Waals surface area contributed by atoms with E-state index >= 15 is 0 Å². The van der Waals surface area contributed by atoms with Crippen molar-refractivity contribution in [3.63, 3.8) is 0 Å². The molecule has 1 saturated heterocycles. The van der Waals surface area contributed by atoms with Gasteiger partial charge in [0.1, 0.15) is 0 Å². The van der Waals surface area contributed by atoms with E-state index in [4.69, 9.17) is 33.7 Å². The van der Waals surface area contributed by atoms with Gasteiger partial charge in [-0.3, -0.25) is 0 Å². The highest BCUT2D eigenvalue weighted by Gasteiger charge is 2.19. The van der Waals surface area contributed by atoms with Gasteiger partial charge in [-0.05, 0) is 25.0 Å².